The molecule has 0 spiro atoms. The summed E-state index contributed by atoms with van der Waals surface area (Å²) >= 11 is 0. The molecule has 0 aliphatic carbocycles. The van der Waals surface area contributed by atoms with Crippen molar-refractivity contribution in [3.63, 3.8) is 0 Å². The molecule has 1 unspecified atom stereocenters. The Kier molecular flexibility index (Phi) is 10.7. The molecule has 1 aromatic carbocycles. The second kappa shape index (κ2) is 12.5. The van der Waals surface area contributed by atoms with E-state index in [2.05, 4.69) is 38.8 Å². The highest BCUT2D eigenvalue weighted by Gasteiger charge is 2.07. The first-order valence-electron chi connectivity index (χ1n) is 8.87. The van der Waals surface area contributed by atoms with E-state index in [1.807, 2.05) is 13.8 Å². The minimum atomic E-state index is -0.644. The zero-order valence-electron chi connectivity index (χ0n) is 16.1. The SMILES string of the molecule is CCNC(=NCC(O)c1ccncc1)NCCc1ccc(C)c(OC)c1.I. The van der Waals surface area contributed by atoms with Crippen molar-refractivity contribution < 1.29 is 9.84 Å². The minimum absolute atomic E-state index is 0. The molecule has 0 saturated carbocycles. The van der Waals surface area contributed by atoms with Crippen LogP contribution in [0.1, 0.15) is 29.7 Å². The topological polar surface area (TPSA) is 78.8 Å². The molecule has 27 heavy (non-hydrogen) atoms. The molecule has 1 atom stereocenters. The molecular formula is C20H29IN4O2. The third kappa shape index (κ3) is 7.72. The van der Waals surface area contributed by atoms with Gasteiger partial charge < -0.3 is 20.5 Å². The monoisotopic (exact) mass is 484 g/mol. The summed E-state index contributed by atoms with van der Waals surface area (Å²) in [6.45, 7) is 5.84. The van der Waals surface area contributed by atoms with E-state index in [1.165, 1.54) is 5.56 Å². The number of aliphatic hydroxyl groups excluding tert-OH is 1. The lowest BCUT2D eigenvalue weighted by Gasteiger charge is -2.14. The van der Waals surface area contributed by atoms with E-state index in [0.29, 0.717) is 5.96 Å². The molecule has 0 fully saturated rings. The van der Waals surface area contributed by atoms with Crippen molar-refractivity contribution in [3.05, 3.63) is 59.4 Å². The molecule has 0 aliphatic rings. The van der Waals surface area contributed by atoms with E-state index in [9.17, 15) is 5.11 Å². The standard InChI is InChI=1S/C20H28N4O2.HI/c1-4-22-20(24-14-18(25)17-8-10-21-11-9-17)23-12-7-16-6-5-15(2)19(13-16)26-3;/h5-6,8-11,13,18,25H,4,7,12,14H2,1-3H3,(H2,22,23,24);1H. The highest BCUT2D eigenvalue weighted by Crippen LogP contribution is 2.19. The van der Waals surface area contributed by atoms with Gasteiger partial charge in [-0.2, -0.15) is 0 Å². The average Bonchev–Trinajstić information content (AvgIpc) is 2.67. The fraction of sp³-hybridized carbons (Fsp3) is 0.400. The van der Waals surface area contributed by atoms with E-state index in [-0.39, 0.29) is 30.5 Å². The third-order valence-corrected chi connectivity index (χ3v) is 4.04. The van der Waals surface area contributed by atoms with Gasteiger partial charge in [0, 0.05) is 25.5 Å². The zero-order valence-corrected chi connectivity index (χ0v) is 18.4. The molecule has 0 bridgehead atoms. The Bertz CT molecular complexity index is 710. The molecule has 7 heteroatoms. The summed E-state index contributed by atoms with van der Waals surface area (Å²) in [5.41, 5.74) is 3.14. The van der Waals surface area contributed by atoms with Crippen LogP contribution in [0.15, 0.2) is 47.7 Å². The maximum Gasteiger partial charge on any atom is 0.191 e. The fourth-order valence-corrected chi connectivity index (χ4v) is 2.56. The third-order valence-electron chi connectivity index (χ3n) is 4.04. The molecule has 6 nitrogen and oxygen atoms in total. The first-order valence-corrected chi connectivity index (χ1v) is 8.87. The fourth-order valence-electron chi connectivity index (χ4n) is 2.56. The predicted molar refractivity (Wildman–Crippen MR) is 120 cm³/mol. The highest BCUT2D eigenvalue weighted by molar-refractivity contribution is 14.0. The van der Waals surface area contributed by atoms with Crippen molar-refractivity contribution in [3.8, 4) is 5.75 Å². The van der Waals surface area contributed by atoms with Crippen LogP contribution in [0.3, 0.4) is 0 Å². The number of rotatable bonds is 8. The van der Waals surface area contributed by atoms with Crippen LogP contribution >= 0.6 is 24.0 Å². The van der Waals surface area contributed by atoms with Crippen LogP contribution in [-0.2, 0) is 6.42 Å². The van der Waals surface area contributed by atoms with Gasteiger partial charge in [0.1, 0.15) is 5.75 Å². The number of halogens is 1. The van der Waals surface area contributed by atoms with Gasteiger partial charge in [-0.3, -0.25) is 9.98 Å². The summed E-state index contributed by atoms with van der Waals surface area (Å²) in [6.07, 6.45) is 3.55. The van der Waals surface area contributed by atoms with Gasteiger partial charge in [0.05, 0.1) is 19.8 Å². The van der Waals surface area contributed by atoms with Gasteiger partial charge in [-0.05, 0) is 55.2 Å². The second-order valence-corrected chi connectivity index (χ2v) is 6.00. The van der Waals surface area contributed by atoms with Gasteiger partial charge >= 0.3 is 0 Å². The zero-order chi connectivity index (χ0) is 18.8. The maximum atomic E-state index is 10.2. The van der Waals surface area contributed by atoms with Crippen LogP contribution in [0.5, 0.6) is 5.75 Å². The maximum absolute atomic E-state index is 10.2. The van der Waals surface area contributed by atoms with E-state index in [1.54, 1.807) is 31.6 Å². The first kappa shape index (κ1) is 23.2. The van der Waals surface area contributed by atoms with Crippen LogP contribution in [0.4, 0.5) is 0 Å². The number of benzene rings is 1. The quantitative estimate of drug-likeness (QED) is 0.305. The van der Waals surface area contributed by atoms with E-state index in [4.69, 9.17) is 4.74 Å². The number of hydrogen-bond donors (Lipinski definition) is 3. The van der Waals surface area contributed by atoms with Crippen LogP contribution in [0.2, 0.25) is 0 Å². The number of guanidine groups is 1. The molecule has 0 saturated heterocycles. The van der Waals surface area contributed by atoms with Crippen molar-refractivity contribution >= 4 is 29.9 Å². The predicted octanol–water partition coefficient (Wildman–Crippen LogP) is 2.85. The Morgan fingerprint density at radius 3 is 2.63 bits per heavy atom. The van der Waals surface area contributed by atoms with Gasteiger partial charge in [0.25, 0.3) is 0 Å². The lowest BCUT2D eigenvalue weighted by atomic mass is 10.1. The normalized spacial score (nSPS) is 12.1. The number of ether oxygens (including phenoxy) is 1. The molecule has 148 valence electrons. The minimum Gasteiger partial charge on any atom is -0.496 e. The molecular weight excluding hydrogens is 455 g/mol. The highest BCUT2D eigenvalue weighted by atomic mass is 127. The van der Waals surface area contributed by atoms with Crippen molar-refractivity contribution in [1.82, 2.24) is 15.6 Å². The van der Waals surface area contributed by atoms with Crippen LogP contribution in [-0.4, -0.2) is 42.8 Å². The molecule has 2 aromatic rings. The Morgan fingerprint density at radius 1 is 1.22 bits per heavy atom. The van der Waals surface area contributed by atoms with Gasteiger partial charge in [-0.1, -0.05) is 12.1 Å². The van der Waals surface area contributed by atoms with E-state index >= 15 is 0 Å². The molecule has 0 amide bonds. The van der Waals surface area contributed by atoms with Crippen LogP contribution in [0, 0.1) is 6.92 Å². The number of aliphatic imine (C=N–C) groups is 1. The lowest BCUT2D eigenvalue weighted by molar-refractivity contribution is 0.187. The summed E-state index contributed by atoms with van der Waals surface area (Å²) in [4.78, 5) is 8.43. The summed E-state index contributed by atoms with van der Waals surface area (Å²) in [5, 5.41) is 16.7. The summed E-state index contributed by atoms with van der Waals surface area (Å²) in [6, 6.07) is 9.83. The number of nitrogens with zero attached hydrogens (tertiary/aromatic N) is 2. The van der Waals surface area contributed by atoms with Crippen molar-refractivity contribution in [2.75, 3.05) is 26.7 Å². The summed E-state index contributed by atoms with van der Waals surface area (Å²) in [7, 11) is 1.69. The Morgan fingerprint density at radius 2 is 1.96 bits per heavy atom. The number of aromatic nitrogens is 1. The van der Waals surface area contributed by atoms with Crippen LogP contribution in [0.25, 0.3) is 0 Å². The van der Waals surface area contributed by atoms with Gasteiger partial charge in [-0.25, -0.2) is 0 Å². The van der Waals surface area contributed by atoms with Crippen LogP contribution < -0.4 is 15.4 Å². The van der Waals surface area contributed by atoms with Crippen molar-refractivity contribution in [1.29, 1.82) is 0 Å². The first-order chi connectivity index (χ1) is 12.6. The Hall–Kier alpha value is -1.87. The number of methoxy groups -OCH3 is 1. The van der Waals surface area contributed by atoms with Gasteiger partial charge in [0.15, 0.2) is 5.96 Å². The number of aryl methyl sites for hydroxylation is 1. The molecule has 1 heterocycles. The van der Waals surface area contributed by atoms with E-state index < -0.39 is 6.10 Å². The Labute approximate surface area is 178 Å². The number of pyridine rings is 1. The lowest BCUT2D eigenvalue weighted by Crippen LogP contribution is -2.38. The van der Waals surface area contributed by atoms with Crippen molar-refractivity contribution in [2.24, 2.45) is 4.99 Å². The number of aliphatic hydroxyl groups is 1. The number of hydrogen-bond acceptors (Lipinski definition) is 4. The van der Waals surface area contributed by atoms with Crippen molar-refractivity contribution in [2.45, 2.75) is 26.4 Å². The van der Waals surface area contributed by atoms with Gasteiger partial charge in [-0.15, -0.1) is 24.0 Å². The summed E-state index contributed by atoms with van der Waals surface area (Å²) < 4.78 is 5.37. The molecule has 0 aliphatic heterocycles. The number of nitrogens with one attached hydrogen (secondary N) is 2. The van der Waals surface area contributed by atoms with Gasteiger partial charge in [0.2, 0.25) is 0 Å². The molecule has 1 aromatic heterocycles. The molecule has 3 N–H and O–H groups in total. The summed E-state index contributed by atoms with van der Waals surface area (Å²) in [5.74, 6) is 1.60. The smallest absolute Gasteiger partial charge is 0.191 e. The second-order valence-electron chi connectivity index (χ2n) is 6.00. The Balaban J connectivity index is 0.00000364. The van der Waals surface area contributed by atoms with E-state index in [0.717, 1.165) is 36.4 Å². The molecule has 2 rings (SSSR count). The average molecular weight is 484 g/mol. The largest absolute Gasteiger partial charge is 0.496 e. The molecule has 0 radical (unpaired) electrons.